The van der Waals surface area contributed by atoms with Crippen LogP contribution in [0.2, 0.25) is 0 Å². The van der Waals surface area contributed by atoms with Crippen LogP contribution in [0.15, 0.2) is 54.6 Å². The molecule has 2 rings (SSSR count). The average molecular weight is 223 g/mol. The number of hydrogen-bond donors (Lipinski definition) is 1. The number of rotatable bonds is 3. The highest BCUT2D eigenvalue weighted by Crippen LogP contribution is 2.16. The fraction of sp³-hybridized carbons (Fsp3) is 0. The number of benzene rings is 2. The molecule has 2 aromatic rings. The normalized spacial score (nSPS) is 9.41. The van der Waals surface area contributed by atoms with Crippen LogP contribution in [0.25, 0.3) is 0 Å². The molecule has 0 fully saturated rings. The van der Waals surface area contributed by atoms with Gasteiger partial charge in [-0.15, -0.1) is 0 Å². The Bertz CT molecular complexity index is 537. The minimum absolute atomic E-state index is 0.381. The van der Waals surface area contributed by atoms with Gasteiger partial charge >= 0.3 is 7.12 Å². The van der Waals surface area contributed by atoms with Gasteiger partial charge < -0.3 is 9.68 Å². The first-order chi connectivity index (χ1) is 8.31. The molecule has 1 N–H and O–H groups in total. The number of para-hydroxylation sites is 1. The van der Waals surface area contributed by atoms with Crippen molar-refractivity contribution >= 4 is 12.6 Å². The van der Waals surface area contributed by atoms with E-state index in [0.717, 1.165) is 0 Å². The van der Waals surface area contributed by atoms with Crippen LogP contribution in [-0.4, -0.2) is 12.1 Å². The lowest BCUT2D eigenvalue weighted by atomic mass is 9.79. The van der Waals surface area contributed by atoms with Crippen molar-refractivity contribution in [2.24, 2.45) is 0 Å². The molecule has 0 aliphatic carbocycles. The molecule has 0 aromatic heterocycles. The molecule has 0 saturated carbocycles. The van der Waals surface area contributed by atoms with E-state index in [0.29, 0.717) is 16.8 Å². The highest BCUT2D eigenvalue weighted by atomic mass is 16.5. The molecule has 0 aliphatic heterocycles. The molecule has 17 heavy (non-hydrogen) atoms. The van der Waals surface area contributed by atoms with E-state index in [9.17, 15) is 5.02 Å². The van der Waals surface area contributed by atoms with Crippen LogP contribution in [-0.2, 0) is 0 Å². The van der Waals surface area contributed by atoms with Gasteiger partial charge in [0.15, 0.2) is 0 Å². The van der Waals surface area contributed by atoms with Crippen molar-refractivity contribution in [2.75, 3.05) is 0 Å². The second kappa shape index (κ2) is 5.19. The Kier molecular flexibility index (Phi) is 3.44. The summed E-state index contributed by atoms with van der Waals surface area (Å²) in [5.41, 5.74) is 1.06. The smallest absolute Gasteiger partial charge is 0.531 e. The third kappa shape index (κ3) is 2.66. The topological polar surface area (TPSA) is 53.2 Å². The fourth-order valence-electron chi connectivity index (χ4n) is 1.47. The van der Waals surface area contributed by atoms with Crippen LogP contribution in [0.5, 0.6) is 5.75 Å². The van der Waals surface area contributed by atoms with E-state index in [2.05, 4.69) is 0 Å². The van der Waals surface area contributed by atoms with Crippen molar-refractivity contribution in [1.82, 2.24) is 0 Å². The zero-order valence-corrected chi connectivity index (χ0v) is 9.08. The van der Waals surface area contributed by atoms with Gasteiger partial charge in [0, 0.05) is 0 Å². The first-order valence-electron chi connectivity index (χ1n) is 5.20. The molecule has 0 atom stereocenters. The maximum atomic E-state index is 9.86. The molecule has 0 radical (unpaired) electrons. The van der Waals surface area contributed by atoms with Gasteiger partial charge in [-0.2, -0.15) is 5.26 Å². The highest BCUT2D eigenvalue weighted by Gasteiger charge is 2.19. The Labute approximate surface area is 100 Å². The van der Waals surface area contributed by atoms with Crippen molar-refractivity contribution in [3.63, 3.8) is 0 Å². The van der Waals surface area contributed by atoms with Crippen molar-refractivity contribution in [2.45, 2.75) is 0 Å². The highest BCUT2D eigenvalue weighted by molar-refractivity contribution is 6.60. The molecule has 0 bridgehead atoms. The molecule has 0 unspecified atom stereocenters. The van der Waals surface area contributed by atoms with Gasteiger partial charge in [-0.25, -0.2) is 0 Å². The van der Waals surface area contributed by atoms with Crippen molar-refractivity contribution in [1.29, 1.82) is 5.26 Å². The molecule has 3 nitrogen and oxygen atoms in total. The molecule has 0 heterocycles. The van der Waals surface area contributed by atoms with E-state index in [-0.39, 0.29) is 0 Å². The first-order valence-corrected chi connectivity index (χ1v) is 5.20. The van der Waals surface area contributed by atoms with E-state index in [1.54, 1.807) is 36.4 Å². The molecule has 2 aromatic carbocycles. The summed E-state index contributed by atoms with van der Waals surface area (Å²) in [7, 11) is -1.06. The Hall–Kier alpha value is -2.25. The maximum Gasteiger partial charge on any atom is 0.560 e. The Morgan fingerprint density at radius 1 is 1.00 bits per heavy atom. The first kappa shape index (κ1) is 11.2. The summed E-state index contributed by atoms with van der Waals surface area (Å²) < 4.78 is 5.36. The minimum atomic E-state index is -1.06. The molecule has 0 saturated heterocycles. The van der Waals surface area contributed by atoms with Gasteiger partial charge in [0.1, 0.15) is 11.8 Å². The SMILES string of the molecule is N#Cc1ccccc1OB(O)c1ccccc1. The van der Waals surface area contributed by atoms with Gasteiger partial charge in [0.2, 0.25) is 0 Å². The average Bonchev–Trinajstić information content (AvgIpc) is 2.40. The lowest BCUT2D eigenvalue weighted by Crippen LogP contribution is -2.36. The number of nitrogens with zero attached hydrogens (tertiary/aromatic N) is 1. The lowest BCUT2D eigenvalue weighted by molar-refractivity contribution is 0.432. The van der Waals surface area contributed by atoms with Crippen LogP contribution in [0, 0.1) is 11.3 Å². The molecule has 4 heteroatoms. The predicted molar refractivity (Wildman–Crippen MR) is 65.8 cm³/mol. The number of hydrogen-bond acceptors (Lipinski definition) is 3. The fourth-order valence-corrected chi connectivity index (χ4v) is 1.47. The summed E-state index contributed by atoms with van der Waals surface area (Å²) in [4.78, 5) is 0. The molecular formula is C13H10BNO2. The van der Waals surface area contributed by atoms with E-state index in [1.807, 2.05) is 24.3 Å². The Morgan fingerprint density at radius 3 is 2.35 bits per heavy atom. The zero-order valence-electron chi connectivity index (χ0n) is 9.08. The largest absolute Gasteiger partial charge is 0.560 e. The van der Waals surface area contributed by atoms with E-state index >= 15 is 0 Å². The van der Waals surface area contributed by atoms with Crippen molar-refractivity contribution in [3.05, 3.63) is 60.2 Å². The van der Waals surface area contributed by atoms with Crippen LogP contribution < -0.4 is 10.1 Å². The van der Waals surface area contributed by atoms with E-state index in [1.165, 1.54) is 0 Å². The molecule has 0 spiro atoms. The molecule has 82 valence electrons. The van der Waals surface area contributed by atoms with Gasteiger partial charge in [-0.05, 0) is 17.6 Å². The molecule has 0 aliphatic rings. The van der Waals surface area contributed by atoms with Crippen LogP contribution in [0.3, 0.4) is 0 Å². The second-order valence-electron chi connectivity index (χ2n) is 3.49. The Balaban J connectivity index is 2.19. The number of nitriles is 1. The summed E-state index contributed by atoms with van der Waals surface area (Å²) in [6.07, 6.45) is 0. The van der Waals surface area contributed by atoms with Crippen LogP contribution >= 0.6 is 0 Å². The van der Waals surface area contributed by atoms with E-state index in [4.69, 9.17) is 9.92 Å². The quantitative estimate of drug-likeness (QED) is 0.798. The van der Waals surface area contributed by atoms with Gasteiger partial charge in [0.05, 0.1) is 5.56 Å². The minimum Gasteiger partial charge on any atom is -0.531 e. The summed E-state index contributed by atoms with van der Waals surface area (Å²) in [6, 6.07) is 17.9. The molecule has 0 amide bonds. The maximum absolute atomic E-state index is 9.86. The monoisotopic (exact) mass is 223 g/mol. The van der Waals surface area contributed by atoms with Gasteiger partial charge in [-0.1, -0.05) is 42.5 Å². The summed E-state index contributed by atoms with van der Waals surface area (Å²) in [5.74, 6) is 0.381. The molecular weight excluding hydrogens is 213 g/mol. The van der Waals surface area contributed by atoms with Gasteiger partial charge in [-0.3, -0.25) is 0 Å². The van der Waals surface area contributed by atoms with Gasteiger partial charge in [0.25, 0.3) is 0 Å². The lowest BCUT2D eigenvalue weighted by Gasteiger charge is -2.10. The van der Waals surface area contributed by atoms with Crippen LogP contribution in [0.4, 0.5) is 0 Å². The third-order valence-electron chi connectivity index (χ3n) is 2.33. The second-order valence-corrected chi connectivity index (χ2v) is 3.49. The van der Waals surface area contributed by atoms with Crippen molar-refractivity contribution in [3.8, 4) is 11.8 Å². The van der Waals surface area contributed by atoms with E-state index < -0.39 is 7.12 Å². The van der Waals surface area contributed by atoms with Crippen molar-refractivity contribution < 1.29 is 9.68 Å². The van der Waals surface area contributed by atoms with Crippen LogP contribution in [0.1, 0.15) is 5.56 Å². The summed E-state index contributed by atoms with van der Waals surface area (Å²) in [6.45, 7) is 0. The predicted octanol–water partition coefficient (Wildman–Crippen LogP) is 1.32. The summed E-state index contributed by atoms with van der Waals surface area (Å²) >= 11 is 0. The summed E-state index contributed by atoms with van der Waals surface area (Å²) in [5, 5.41) is 18.8. The standard InChI is InChI=1S/C13H10BNO2/c15-10-11-6-4-5-9-13(11)17-14(16)12-7-2-1-3-8-12/h1-9,16H. The zero-order chi connectivity index (χ0) is 12.1. The third-order valence-corrected chi connectivity index (χ3v) is 2.33. The Morgan fingerprint density at radius 2 is 1.65 bits per heavy atom.